The summed E-state index contributed by atoms with van der Waals surface area (Å²) in [6.45, 7) is 5.12. The number of carbonyl (C=O) groups is 1. The van der Waals surface area contributed by atoms with Gasteiger partial charge in [0.15, 0.2) is 0 Å². The molecule has 1 aromatic heterocycles. The van der Waals surface area contributed by atoms with Gasteiger partial charge >= 0.3 is 5.97 Å². The molecule has 0 amide bonds. The quantitative estimate of drug-likeness (QED) is 0.218. The van der Waals surface area contributed by atoms with E-state index in [1.807, 2.05) is 19.9 Å². The second kappa shape index (κ2) is 11.2. The molecular formula is C31H28Cl3FN2O3. The number of carbonyl (C=O) groups excluding carboxylic acids is 1. The molecule has 1 aliphatic heterocycles. The summed E-state index contributed by atoms with van der Waals surface area (Å²) < 4.78 is 20.5. The van der Waals surface area contributed by atoms with E-state index in [4.69, 9.17) is 39.5 Å². The lowest BCUT2D eigenvalue weighted by Gasteiger charge is -2.41. The number of pyridine rings is 1. The van der Waals surface area contributed by atoms with Crippen molar-refractivity contribution >= 4 is 51.7 Å². The van der Waals surface area contributed by atoms with Gasteiger partial charge in [0.2, 0.25) is 0 Å². The lowest BCUT2D eigenvalue weighted by atomic mass is 9.85. The molecule has 0 atom stereocenters. The topological polar surface area (TPSA) is 51.5 Å². The van der Waals surface area contributed by atoms with E-state index in [-0.39, 0.29) is 22.5 Å². The van der Waals surface area contributed by atoms with Gasteiger partial charge in [0.25, 0.3) is 5.56 Å². The first-order chi connectivity index (χ1) is 19.0. The van der Waals surface area contributed by atoms with Crippen molar-refractivity contribution in [3.8, 4) is 16.8 Å². The number of para-hydroxylation sites is 1. The molecule has 0 spiro atoms. The van der Waals surface area contributed by atoms with Crippen LogP contribution in [0.1, 0.15) is 38.2 Å². The minimum Gasteiger partial charge on any atom is -0.468 e. The van der Waals surface area contributed by atoms with Gasteiger partial charge in [-0.2, -0.15) is 0 Å². The van der Waals surface area contributed by atoms with Gasteiger partial charge in [0.05, 0.1) is 33.4 Å². The highest BCUT2D eigenvalue weighted by Gasteiger charge is 2.38. The normalized spacial score (nSPS) is 15.0. The van der Waals surface area contributed by atoms with Crippen LogP contribution in [0.4, 0.5) is 4.39 Å². The molecule has 5 rings (SSSR count). The Morgan fingerprint density at radius 2 is 1.60 bits per heavy atom. The van der Waals surface area contributed by atoms with Crippen LogP contribution in [-0.4, -0.2) is 41.2 Å². The molecule has 0 saturated carbocycles. The second-order valence-corrected chi connectivity index (χ2v) is 11.7. The maximum atomic E-state index is 14.0. The molecule has 208 valence electrons. The highest BCUT2D eigenvalue weighted by atomic mass is 35.5. The van der Waals surface area contributed by atoms with Crippen molar-refractivity contribution in [2.45, 2.75) is 38.1 Å². The Bertz CT molecular complexity index is 1660. The van der Waals surface area contributed by atoms with E-state index in [0.29, 0.717) is 39.9 Å². The monoisotopic (exact) mass is 600 g/mol. The summed E-state index contributed by atoms with van der Waals surface area (Å²) in [5.41, 5.74) is 2.40. The molecule has 40 heavy (non-hydrogen) atoms. The van der Waals surface area contributed by atoms with Crippen LogP contribution in [0.25, 0.3) is 27.7 Å². The van der Waals surface area contributed by atoms with Gasteiger partial charge in [0, 0.05) is 17.0 Å². The predicted molar refractivity (Wildman–Crippen MR) is 160 cm³/mol. The van der Waals surface area contributed by atoms with Gasteiger partial charge < -0.3 is 4.74 Å². The number of nitrogens with zero attached hydrogens (tertiary/aromatic N) is 2. The van der Waals surface area contributed by atoms with Crippen molar-refractivity contribution < 1.29 is 13.9 Å². The highest BCUT2D eigenvalue weighted by molar-refractivity contribution is 6.38. The number of aromatic nitrogens is 1. The van der Waals surface area contributed by atoms with Gasteiger partial charge in [0.1, 0.15) is 11.4 Å². The number of likely N-dealkylation sites (tertiary alicyclic amines) is 1. The first kappa shape index (κ1) is 28.6. The molecule has 1 fully saturated rings. The van der Waals surface area contributed by atoms with Crippen molar-refractivity contribution in [1.82, 2.24) is 9.47 Å². The molecule has 1 aliphatic rings. The van der Waals surface area contributed by atoms with Gasteiger partial charge in [-0.15, -0.1) is 0 Å². The first-order valence-electron chi connectivity index (χ1n) is 13.0. The van der Waals surface area contributed by atoms with Crippen LogP contribution < -0.4 is 5.56 Å². The van der Waals surface area contributed by atoms with E-state index in [2.05, 4.69) is 11.0 Å². The molecule has 4 aromatic rings. The molecule has 0 radical (unpaired) electrons. The number of benzene rings is 3. The molecular weight excluding hydrogens is 574 g/mol. The van der Waals surface area contributed by atoms with Crippen molar-refractivity contribution in [2.75, 3.05) is 20.2 Å². The third kappa shape index (κ3) is 5.14. The third-order valence-electron chi connectivity index (χ3n) is 7.86. The van der Waals surface area contributed by atoms with Gasteiger partial charge in [-0.3, -0.25) is 19.1 Å². The molecule has 0 N–H and O–H groups in total. The number of rotatable bonds is 5. The fraction of sp³-hybridized carbons (Fsp3) is 0.290. The van der Waals surface area contributed by atoms with Crippen LogP contribution in [0.3, 0.4) is 0 Å². The molecule has 1 saturated heterocycles. The van der Waals surface area contributed by atoms with Gasteiger partial charge in [-0.05, 0) is 99.3 Å². The largest absolute Gasteiger partial charge is 0.468 e. The Morgan fingerprint density at radius 3 is 2.23 bits per heavy atom. The summed E-state index contributed by atoms with van der Waals surface area (Å²) in [6, 6.07) is 16.7. The third-order valence-corrected chi connectivity index (χ3v) is 8.78. The Labute approximate surface area is 247 Å². The molecule has 0 bridgehead atoms. The maximum absolute atomic E-state index is 14.0. The molecule has 3 aromatic carbocycles. The minimum absolute atomic E-state index is 0.137. The predicted octanol–water partition coefficient (Wildman–Crippen LogP) is 7.89. The van der Waals surface area contributed by atoms with Crippen molar-refractivity contribution in [2.24, 2.45) is 0 Å². The summed E-state index contributed by atoms with van der Waals surface area (Å²) in [5.74, 6) is -0.572. The number of halogens is 4. The summed E-state index contributed by atoms with van der Waals surface area (Å²) in [6.07, 6.45) is 1.57. The standard InChI is InChI=1S/C31H28Cl3FN2O3/c1-31(2,30(39)40-3)36-13-11-18(12-14-36)19-15-23(21-8-7-20(35)17-26(21)34)22-9-10-28(38)37(27(22)16-19)29-24(32)5-4-6-25(29)33/h4-10,15-18H,11-14H2,1-3H3. The van der Waals surface area contributed by atoms with Crippen molar-refractivity contribution in [3.63, 3.8) is 0 Å². The average molecular weight is 602 g/mol. The number of piperidine rings is 1. The fourth-order valence-electron chi connectivity index (χ4n) is 5.62. The van der Waals surface area contributed by atoms with Gasteiger partial charge in [-0.25, -0.2) is 4.39 Å². The number of methoxy groups -OCH3 is 1. The summed E-state index contributed by atoms with van der Waals surface area (Å²) in [7, 11) is 1.40. The first-order valence-corrected chi connectivity index (χ1v) is 14.1. The maximum Gasteiger partial charge on any atom is 0.325 e. The second-order valence-electron chi connectivity index (χ2n) is 10.5. The Kier molecular flexibility index (Phi) is 7.99. The summed E-state index contributed by atoms with van der Waals surface area (Å²) in [4.78, 5) is 27.9. The van der Waals surface area contributed by atoms with Crippen LogP contribution >= 0.6 is 34.8 Å². The van der Waals surface area contributed by atoms with Crippen LogP contribution in [0, 0.1) is 5.82 Å². The SMILES string of the molecule is COC(=O)C(C)(C)N1CCC(c2cc(-c3ccc(F)cc3Cl)c3ccc(=O)n(-c4c(Cl)cccc4Cl)c3c2)CC1. The number of esters is 1. The smallest absolute Gasteiger partial charge is 0.325 e. The molecule has 0 aliphatic carbocycles. The Hall–Kier alpha value is -2.90. The average Bonchev–Trinajstić information content (AvgIpc) is 2.93. The van der Waals surface area contributed by atoms with E-state index in [1.54, 1.807) is 30.3 Å². The molecule has 9 heteroatoms. The van der Waals surface area contributed by atoms with Crippen LogP contribution in [0.5, 0.6) is 0 Å². The lowest BCUT2D eigenvalue weighted by molar-refractivity contribution is -0.153. The van der Waals surface area contributed by atoms with Crippen LogP contribution in [0.2, 0.25) is 15.1 Å². The molecule has 5 nitrogen and oxygen atoms in total. The Morgan fingerprint density at radius 1 is 0.925 bits per heavy atom. The van der Waals surface area contributed by atoms with Crippen LogP contribution in [0.15, 0.2) is 65.5 Å². The zero-order valence-corrected chi connectivity index (χ0v) is 24.6. The lowest BCUT2D eigenvalue weighted by Crippen LogP contribution is -2.53. The van der Waals surface area contributed by atoms with Crippen molar-refractivity contribution in [1.29, 1.82) is 0 Å². The van der Waals surface area contributed by atoms with E-state index in [0.717, 1.165) is 29.4 Å². The van der Waals surface area contributed by atoms with Gasteiger partial charge in [-0.1, -0.05) is 46.9 Å². The highest BCUT2D eigenvalue weighted by Crippen LogP contribution is 2.40. The van der Waals surface area contributed by atoms with Crippen LogP contribution in [-0.2, 0) is 9.53 Å². The zero-order valence-electron chi connectivity index (χ0n) is 22.3. The molecule has 0 unspecified atom stereocenters. The number of ether oxygens (including phenoxy) is 1. The van der Waals surface area contributed by atoms with E-state index < -0.39 is 11.4 Å². The number of hydrogen-bond acceptors (Lipinski definition) is 4. The number of fused-ring (bicyclic) bond motifs is 1. The fourth-order valence-corrected chi connectivity index (χ4v) is 6.45. The van der Waals surface area contributed by atoms with Crippen molar-refractivity contribution in [3.05, 3.63) is 97.5 Å². The van der Waals surface area contributed by atoms with E-state index in [1.165, 1.54) is 29.9 Å². The molecule has 2 heterocycles. The van der Waals surface area contributed by atoms with E-state index in [9.17, 15) is 14.0 Å². The zero-order chi connectivity index (χ0) is 28.8. The summed E-state index contributed by atoms with van der Waals surface area (Å²) in [5, 5.41) is 1.69. The minimum atomic E-state index is -0.739. The van der Waals surface area contributed by atoms with E-state index >= 15 is 0 Å². The Balaban J connectivity index is 1.70. The summed E-state index contributed by atoms with van der Waals surface area (Å²) >= 11 is 19.7. The number of hydrogen-bond donors (Lipinski definition) is 0.